The summed E-state index contributed by atoms with van der Waals surface area (Å²) in [7, 11) is 0. The van der Waals surface area contributed by atoms with Crippen molar-refractivity contribution in [2.45, 2.75) is 45.6 Å². The van der Waals surface area contributed by atoms with E-state index in [1.54, 1.807) is 4.90 Å². The Hall–Kier alpha value is -0.860. The molecular formula is C17H30N2+2. The highest BCUT2D eigenvalue weighted by Gasteiger charge is 2.15. The van der Waals surface area contributed by atoms with Crippen molar-refractivity contribution >= 4 is 0 Å². The van der Waals surface area contributed by atoms with Gasteiger partial charge in [0.2, 0.25) is 0 Å². The number of likely N-dealkylation sites (tertiary alicyclic amines) is 1. The van der Waals surface area contributed by atoms with Gasteiger partial charge < -0.3 is 10.2 Å². The highest BCUT2D eigenvalue weighted by Crippen LogP contribution is 2.21. The molecular weight excluding hydrogens is 232 g/mol. The minimum Gasteiger partial charge on any atom is -0.338 e. The Labute approximate surface area is 118 Å². The molecule has 0 saturated carbocycles. The normalized spacial score (nSPS) is 17.0. The van der Waals surface area contributed by atoms with E-state index in [0.717, 1.165) is 6.54 Å². The topological polar surface area (TPSA) is 21.1 Å². The van der Waals surface area contributed by atoms with E-state index in [4.69, 9.17) is 0 Å². The third-order valence-electron chi connectivity index (χ3n) is 4.21. The van der Waals surface area contributed by atoms with E-state index in [9.17, 15) is 0 Å². The molecule has 0 atom stereocenters. The summed E-state index contributed by atoms with van der Waals surface area (Å²) >= 11 is 0. The van der Waals surface area contributed by atoms with Gasteiger partial charge in [-0.2, -0.15) is 0 Å². The van der Waals surface area contributed by atoms with Crippen LogP contribution < -0.4 is 10.2 Å². The molecule has 3 N–H and O–H groups in total. The average molecular weight is 262 g/mol. The Kier molecular flexibility index (Phi) is 5.00. The molecule has 0 amide bonds. The number of rotatable bonds is 5. The lowest BCUT2D eigenvalue weighted by molar-refractivity contribution is -0.901. The molecule has 19 heavy (non-hydrogen) atoms. The van der Waals surface area contributed by atoms with Crippen LogP contribution in [0.4, 0.5) is 0 Å². The number of nitrogens with one attached hydrogen (secondary N) is 1. The molecule has 0 aliphatic carbocycles. The summed E-state index contributed by atoms with van der Waals surface area (Å²) < 4.78 is 0. The molecule has 1 aromatic rings. The van der Waals surface area contributed by atoms with Gasteiger partial charge in [-0.15, -0.1) is 0 Å². The van der Waals surface area contributed by atoms with Gasteiger partial charge in [0.1, 0.15) is 19.6 Å². The van der Waals surface area contributed by atoms with Gasteiger partial charge in [0.05, 0.1) is 13.1 Å². The highest BCUT2D eigenvalue weighted by molar-refractivity contribution is 5.26. The Bertz CT molecular complexity index is 369. The molecule has 2 heteroatoms. The lowest BCUT2D eigenvalue weighted by Gasteiger charge is -2.19. The summed E-state index contributed by atoms with van der Waals surface area (Å²) in [6.45, 7) is 13.3. The van der Waals surface area contributed by atoms with Crippen molar-refractivity contribution in [1.29, 1.82) is 0 Å². The van der Waals surface area contributed by atoms with Crippen LogP contribution in [0.2, 0.25) is 0 Å². The van der Waals surface area contributed by atoms with Gasteiger partial charge in [0.25, 0.3) is 0 Å². The molecule has 1 aliphatic rings. The zero-order chi connectivity index (χ0) is 13.7. The molecule has 0 bridgehead atoms. The van der Waals surface area contributed by atoms with E-state index < -0.39 is 0 Å². The molecule has 1 fully saturated rings. The van der Waals surface area contributed by atoms with Crippen LogP contribution >= 0.6 is 0 Å². The smallest absolute Gasteiger partial charge is 0.127 e. The molecule has 2 rings (SSSR count). The number of nitrogens with two attached hydrogens (primary N) is 1. The Morgan fingerprint density at radius 2 is 1.68 bits per heavy atom. The van der Waals surface area contributed by atoms with E-state index in [1.165, 1.54) is 50.1 Å². The maximum atomic E-state index is 2.46. The van der Waals surface area contributed by atoms with Crippen molar-refractivity contribution in [3.63, 3.8) is 0 Å². The summed E-state index contributed by atoms with van der Waals surface area (Å²) in [6.07, 6.45) is 2.87. The fraction of sp³-hybridized carbons (Fsp3) is 0.647. The van der Waals surface area contributed by atoms with Crippen LogP contribution in [0.15, 0.2) is 24.3 Å². The third kappa shape index (κ3) is 4.63. The Balaban J connectivity index is 1.71. The van der Waals surface area contributed by atoms with Crippen LogP contribution in [0.3, 0.4) is 0 Å². The van der Waals surface area contributed by atoms with E-state index in [1.807, 2.05) is 0 Å². The Morgan fingerprint density at radius 3 is 2.26 bits per heavy atom. The lowest BCUT2D eigenvalue weighted by atomic mass is 9.87. The van der Waals surface area contributed by atoms with E-state index in [0.29, 0.717) is 0 Å². The number of hydrogen-bond donors (Lipinski definition) is 2. The van der Waals surface area contributed by atoms with Crippen molar-refractivity contribution in [3.05, 3.63) is 35.4 Å². The van der Waals surface area contributed by atoms with Crippen molar-refractivity contribution < 1.29 is 10.2 Å². The number of hydrogen-bond acceptors (Lipinski definition) is 0. The van der Waals surface area contributed by atoms with Crippen LogP contribution in [0, 0.1) is 0 Å². The van der Waals surface area contributed by atoms with Crippen LogP contribution in [0.5, 0.6) is 0 Å². The van der Waals surface area contributed by atoms with Gasteiger partial charge in [-0.05, 0) is 11.0 Å². The standard InChI is InChI=1S/C17H28N2/c1-17(2,3)16-8-6-15(7-9-16)14-18-10-13-19-11-4-5-12-19/h6-9,18H,4-5,10-14H2,1-3H3/p+2. The zero-order valence-electron chi connectivity index (χ0n) is 12.8. The van der Waals surface area contributed by atoms with Crippen LogP contribution in [-0.4, -0.2) is 26.2 Å². The highest BCUT2D eigenvalue weighted by atomic mass is 15.1. The molecule has 1 heterocycles. The predicted molar refractivity (Wildman–Crippen MR) is 80.4 cm³/mol. The summed E-state index contributed by atoms with van der Waals surface area (Å²) in [4.78, 5) is 1.80. The molecule has 1 aliphatic heterocycles. The van der Waals surface area contributed by atoms with Gasteiger partial charge in [-0.25, -0.2) is 0 Å². The van der Waals surface area contributed by atoms with E-state index in [-0.39, 0.29) is 5.41 Å². The zero-order valence-corrected chi connectivity index (χ0v) is 12.8. The largest absolute Gasteiger partial charge is 0.338 e. The SMILES string of the molecule is CC(C)(C)c1ccc(C[NH2+]CC[NH+]2CCCC2)cc1. The fourth-order valence-corrected chi connectivity index (χ4v) is 2.84. The summed E-state index contributed by atoms with van der Waals surface area (Å²) in [5.41, 5.74) is 3.14. The molecule has 1 aromatic carbocycles. The lowest BCUT2D eigenvalue weighted by Crippen LogP contribution is -3.12. The van der Waals surface area contributed by atoms with Crippen LogP contribution in [0.1, 0.15) is 44.7 Å². The molecule has 0 radical (unpaired) electrons. The van der Waals surface area contributed by atoms with Gasteiger partial charge in [0, 0.05) is 18.4 Å². The van der Waals surface area contributed by atoms with Crippen molar-refractivity contribution in [2.75, 3.05) is 26.2 Å². The molecule has 0 spiro atoms. The first-order valence-electron chi connectivity index (χ1n) is 7.80. The maximum absolute atomic E-state index is 2.46. The van der Waals surface area contributed by atoms with Gasteiger partial charge in [0.15, 0.2) is 0 Å². The second kappa shape index (κ2) is 6.53. The van der Waals surface area contributed by atoms with Crippen molar-refractivity contribution in [2.24, 2.45) is 0 Å². The first-order valence-corrected chi connectivity index (χ1v) is 7.80. The van der Waals surface area contributed by atoms with Crippen LogP contribution in [0.25, 0.3) is 0 Å². The minimum atomic E-state index is 0.265. The van der Waals surface area contributed by atoms with Crippen molar-refractivity contribution in [3.8, 4) is 0 Å². The summed E-state index contributed by atoms with van der Waals surface area (Å²) in [5.74, 6) is 0. The molecule has 106 valence electrons. The van der Waals surface area contributed by atoms with E-state index >= 15 is 0 Å². The first-order chi connectivity index (χ1) is 9.05. The second-order valence-corrected chi connectivity index (χ2v) is 6.94. The van der Waals surface area contributed by atoms with Gasteiger partial charge in [-0.1, -0.05) is 45.0 Å². The average Bonchev–Trinajstić information content (AvgIpc) is 2.87. The molecule has 2 nitrogen and oxygen atoms in total. The first kappa shape index (κ1) is 14.5. The number of quaternary nitrogens is 2. The van der Waals surface area contributed by atoms with Crippen molar-refractivity contribution in [1.82, 2.24) is 0 Å². The van der Waals surface area contributed by atoms with E-state index in [2.05, 4.69) is 50.4 Å². The predicted octanol–water partition coefficient (Wildman–Crippen LogP) is 0.726. The van der Waals surface area contributed by atoms with Crippen LogP contribution in [-0.2, 0) is 12.0 Å². The maximum Gasteiger partial charge on any atom is 0.127 e. The fourth-order valence-electron chi connectivity index (χ4n) is 2.84. The molecule has 1 saturated heterocycles. The summed E-state index contributed by atoms with van der Waals surface area (Å²) in [5, 5.41) is 2.46. The summed E-state index contributed by atoms with van der Waals surface area (Å²) in [6, 6.07) is 9.16. The minimum absolute atomic E-state index is 0.265. The monoisotopic (exact) mass is 262 g/mol. The number of benzene rings is 1. The molecule has 0 unspecified atom stereocenters. The Morgan fingerprint density at radius 1 is 1.05 bits per heavy atom. The third-order valence-corrected chi connectivity index (χ3v) is 4.21. The van der Waals surface area contributed by atoms with Gasteiger partial charge in [-0.3, -0.25) is 0 Å². The molecule has 0 aromatic heterocycles. The van der Waals surface area contributed by atoms with Gasteiger partial charge >= 0.3 is 0 Å². The second-order valence-electron chi connectivity index (χ2n) is 6.94. The quantitative estimate of drug-likeness (QED) is 0.730.